The molecule has 1 saturated heterocycles. The van der Waals surface area contributed by atoms with Gasteiger partial charge in [0.25, 0.3) is 0 Å². The van der Waals surface area contributed by atoms with Crippen molar-refractivity contribution in [3.63, 3.8) is 0 Å². The average molecular weight is 408 g/mol. The molecule has 0 bridgehead atoms. The van der Waals surface area contributed by atoms with Gasteiger partial charge >= 0.3 is 0 Å². The number of thiazole rings is 1. The Hall–Kier alpha value is -3.13. The van der Waals surface area contributed by atoms with E-state index in [1.165, 1.54) is 16.2 Å². The maximum Gasteiger partial charge on any atom is 0.249 e. The van der Waals surface area contributed by atoms with E-state index in [2.05, 4.69) is 4.98 Å². The quantitative estimate of drug-likeness (QED) is 0.606. The van der Waals surface area contributed by atoms with Crippen LogP contribution in [0.5, 0.6) is 0 Å². The number of amides is 3. The molecule has 1 aliphatic rings. The molecule has 29 heavy (non-hydrogen) atoms. The average Bonchev–Trinajstić information content (AvgIpc) is 3.29. The first-order valence-corrected chi connectivity index (χ1v) is 10.2. The van der Waals surface area contributed by atoms with E-state index in [0.29, 0.717) is 10.8 Å². The number of anilines is 1. The molecule has 148 valence electrons. The van der Waals surface area contributed by atoms with Crippen molar-refractivity contribution in [1.29, 1.82) is 0 Å². The van der Waals surface area contributed by atoms with Gasteiger partial charge in [0.1, 0.15) is 6.54 Å². The Bertz CT molecular complexity index is 1090. The minimum absolute atomic E-state index is 0.159. The van der Waals surface area contributed by atoms with Crippen LogP contribution in [0.4, 0.5) is 5.13 Å². The fourth-order valence-corrected chi connectivity index (χ4v) is 4.31. The molecule has 7 nitrogen and oxygen atoms in total. The van der Waals surface area contributed by atoms with Gasteiger partial charge in [0.15, 0.2) is 5.13 Å². The summed E-state index contributed by atoms with van der Waals surface area (Å²) < 4.78 is 0.982. The van der Waals surface area contributed by atoms with Gasteiger partial charge in [-0.25, -0.2) is 4.98 Å². The van der Waals surface area contributed by atoms with E-state index in [1.807, 2.05) is 38.1 Å². The fraction of sp³-hybridized carbons (Fsp3) is 0.286. The van der Waals surface area contributed by atoms with Crippen molar-refractivity contribution in [3.8, 4) is 0 Å². The highest BCUT2D eigenvalue weighted by molar-refractivity contribution is 7.22. The van der Waals surface area contributed by atoms with Gasteiger partial charge in [0.05, 0.1) is 22.5 Å². The highest BCUT2D eigenvalue weighted by Crippen LogP contribution is 2.32. The minimum Gasteiger partial charge on any atom is -0.280 e. The first kappa shape index (κ1) is 19.2. The number of carbonyl (C=O) groups is 3. The third-order valence-electron chi connectivity index (χ3n) is 5.10. The predicted molar refractivity (Wildman–Crippen MR) is 110 cm³/mol. The Morgan fingerprint density at radius 1 is 1.14 bits per heavy atom. The van der Waals surface area contributed by atoms with Crippen molar-refractivity contribution in [2.75, 3.05) is 11.4 Å². The van der Waals surface area contributed by atoms with Gasteiger partial charge in [-0.15, -0.1) is 0 Å². The van der Waals surface area contributed by atoms with E-state index in [-0.39, 0.29) is 43.7 Å². The second-order valence-corrected chi connectivity index (χ2v) is 8.03. The largest absolute Gasteiger partial charge is 0.280 e. The van der Waals surface area contributed by atoms with E-state index in [9.17, 15) is 14.4 Å². The Morgan fingerprint density at radius 2 is 1.90 bits per heavy atom. The standard InChI is InChI=1S/C21H20N4O3S/c1-13-6-7-16-20(14(13)2)23-21(29-16)25(11-15-5-3-4-10-22-15)19(28)12-24-17(26)8-9-18(24)27/h3-7,10H,8-9,11-12H2,1-2H3. The minimum atomic E-state index is -0.354. The molecule has 1 fully saturated rings. The number of benzene rings is 1. The lowest BCUT2D eigenvalue weighted by Crippen LogP contribution is -2.42. The number of likely N-dealkylation sites (tertiary alicyclic amines) is 1. The number of pyridine rings is 1. The maximum atomic E-state index is 13.1. The zero-order chi connectivity index (χ0) is 20.5. The number of aryl methyl sites for hydroxylation is 2. The number of aromatic nitrogens is 2. The Morgan fingerprint density at radius 3 is 2.59 bits per heavy atom. The molecule has 2 aromatic heterocycles. The maximum absolute atomic E-state index is 13.1. The zero-order valence-corrected chi connectivity index (χ0v) is 17.0. The third kappa shape index (κ3) is 3.75. The second-order valence-electron chi connectivity index (χ2n) is 7.03. The number of nitrogens with zero attached hydrogens (tertiary/aromatic N) is 4. The molecule has 0 saturated carbocycles. The number of fused-ring (bicyclic) bond motifs is 1. The summed E-state index contributed by atoms with van der Waals surface area (Å²) >= 11 is 1.41. The topological polar surface area (TPSA) is 83.5 Å². The van der Waals surface area contributed by atoms with Crippen LogP contribution in [-0.4, -0.2) is 39.1 Å². The first-order chi connectivity index (χ1) is 13.9. The van der Waals surface area contributed by atoms with E-state index >= 15 is 0 Å². The van der Waals surface area contributed by atoms with Crippen molar-refractivity contribution < 1.29 is 14.4 Å². The molecule has 0 aliphatic carbocycles. The molecule has 8 heteroatoms. The number of carbonyl (C=O) groups excluding carboxylic acids is 3. The first-order valence-electron chi connectivity index (χ1n) is 9.34. The van der Waals surface area contributed by atoms with Gasteiger partial charge in [0, 0.05) is 19.0 Å². The van der Waals surface area contributed by atoms with Crippen LogP contribution >= 0.6 is 11.3 Å². The molecule has 1 aromatic carbocycles. The van der Waals surface area contributed by atoms with Crippen molar-refractivity contribution in [2.45, 2.75) is 33.2 Å². The van der Waals surface area contributed by atoms with Gasteiger partial charge in [0.2, 0.25) is 17.7 Å². The summed E-state index contributed by atoms with van der Waals surface area (Å²) in [7, 11) is 0. The Labute approximate surface area is 172 Å². The molecule has 0 N–H and O–H groups in total. The number of rotatable bonds is 5. The predicted octanol–water partition coefficient (Wildman–Crippen LogP) is 2.99. The van der Waals surface area contributed by atoms with Crippen molar-refractivity contribution in [3.05, 3.63) is 53.3 Å². The third-order valence-corrected chi connectivity index (χ3v) is 6.14. The molecule has 1 aliphatic heterocycles. The lowest BCUT2D eigenvalue weighted by molar-refractivity contribution is -0.141. The lowest BCUT2D eigenvalue weighted by Gasteiger charge is -2.22. The second kappa shape index (κ2) is 7.71. The van der Waals surface area contributed by atoms with Crippen LogP contribution in [0.3, 0.4) is 0 Å². The van der Waals surface area contributed by atoms with Crippen LogP contribution in [0.1, 0.15) is 29.7 Å². The van der Waals surface area contributed by atoms with Gasteiger partial charge in [-0.1, -0.05) is 23.5 Å². The molecule has 0 spiro atoms. The van der Waals surface area contributed by atoms with E-state index in [4.69, 9.17) is 4.98 Å². The van der Waals surface area contributed by atoms with Crippen molar-refractivity contribution in [2.24, 2.45) is 0 Å². The van der Waals surface area contributed by atoms with Gasteiger partial charge in [-0.3, -0.25) is 29.2 Å². The number of hydrogen-bond donors (Lipinski definition) is 0. The summed E-state index contributed by atoms with van der Waals surface area (Å²) in [6.45, 7) is 3.97. The molecule has 4 rings (SSSR count). The van der Waals surface area contributed by atoms with E-state index < -0.39 is 0 Å². The smallest absolute Gasteiger partial charge is 0.249 e. The Kier molecular flexibility index (Phi) is 5.10. The molecular formula is C21H20N4O3S. The summed E-state index contributed by atoms with van der Waals surface area (Å²) in [6.07, 6.45) is 1.98. The van der Waals surface area contributed by atoms with E-state index in [1.54, 1.807) is 12.3 Å². The monoisotopic (exact) mass is 408 g/mol. The van der Waals surface area contributed by atoms with Gasteiger partial charge in [-0.05, 0) is 43.2 Å². The molecule has 3 amide bonds. The normalized spacial score (nSPS) is 14.1. The highest BCUT2D eigenvalue weighted by atomic mass is 32.1. The SMILES string of the molecule is Cc1ccc2sc(N(Cc3ccccn3)C(=O)CN3C(=O)CCC3=O)nc2c1C. The molecule has 0 atom stereocenters. The summed E-state index contributed by atoms with van der Waals surface area (Å²) in [6, 6.07) is 9.52. The summed E-state index contributed by atoms with van der Waals surface area (Å²) in [5.74, 6) is -0.971. The van der Waals surface area contributed by atoms with Gasteiger partial charge < -0.3 is 0 Å². The summed E-state index contributed by atoms with van der Waals surface area (Å²) in [5.41, 5.74) is 3.76. The fourth-order valence-electron chi connectivity index (χ4n) is 3.27. The molecular weight excluding hydrogens is 388 g/mol. The number of imide groups is 1. The molecule has 0 unspecified atom stereocenters. The summed E-state index contributed by atoms with van der Waals surface area (Å²) in [5, 5.41) is 0.531. The zero-order valence-electron chi connectivity index (χ0n) is 16.2. The summed E-state index contributed by atoms with van der Waals surface area (Å²) in [4.78, 5) is 48.7. The van der Waals surface area contributed by atoms with E-state index in [0.717, 1.165) is 26.2 Å². The van der Waals surface area contributed by atoms with Crippen LogP contribution < -0.4 is 4.90 Å². The lowest BCUT2D eigenvalue weighted by atomic mass is 10.1. The Balaban J connectivity index is 1.70. The van der Waals surface area contributed by atoms with Crippen molar-refractivity contribution >= 4 is 44.4 Å². The number of hydrogen-bond acceptors (Lipinski definition) is 6. The van der Waals surface area contributed by atoms with Crippen LogP contribution in [0.25, 0.3) is 10.2 Å². The molecule has 0 radical (unpaired) electrons. The van der Waals surface area contributed by atoms with Crippen LogP contribution in [0, 0.1) is 13.8 Å². The molecule has 3 aromatic rings. The van der Waals surface area contributed by atoms with Crippen LogP contribution in [0.15, 0.2) is 36.5 Å². The van der Waals surface area contributed by atoms with Gasteiger partial charge in [-0.2, -0.15) is 0 Å². The van der Waals surface area contributed by atoms with Crippen molar-refractivity contribution in [1.82, 2.24) is 14.9 Å². The van der Waals surface area contributed by atoms with Crippen LogP contribution in [-0.2, 0) is 20.9 Å². The molecule has 3 heterocycles. The van der Waals surface area contributed by atoms with Crippen LogP contribution in [0.2, 0.25) is 0 Å². The highest BCUT2D eigenvalue weighted by Gasteiger charge is 2.33.